The van der Waals surface area contributed by atoms with Crippen molar-refractivity contribution in [2.24, 2.45) is 0 Å². The molecule has 0 saturated heterocycles. The smallest absolute Gasteiger partial charge is 0.371 e. The van der Waals surface area contributed by atoms with Gasteiger partial charge in [0, 0.05) is 0 Å². The van der Waals surface area contributed by atoms with Gasteiger partial charge in [-0.1, -0.05) is 42.5 Å². The lowest BCUT2D eigenvalue weighted by Crippen LogP contribution is -2.40. The molecule has 0 bridgehead atoms. The lowest BCUT2D eigenvalue weighted by molar-refractivity contribution is -0.134. The Labute approximate surface area is 185 Å². The number of ether oxygens (including phenoxy) is 3. The van der Waals surface area contributed by atoms with E-state index in [0.717, 1.165) is 0 Å². The van der Waals surface area contributed by atoms with Crippen LogP contribution in [0.1, 0.15) is 15.9 Å². The largest absolute Gasteiger partial charge is 0.492 e. The second-order valence-electron chi connectivity index (χ2n) is 6.98. The summed E-state index contributed by atoms with van der Waals surface area (Å²) in [7, 11) is 0. The molecule has 0 aliphatic carbocycles. The fourth-order valence-corrected chi connectivity index (χ4v) is 3.15. The van der Waals surface area contributed by atoms with Crippen LogP contribution in [-0.4, -0.2) is 41.8 Å². The Morgan fingerprint density at radius 2 is 1.69 bits per heavy atom. The van der Waals surface area contributed by atoms with Gasteiger partial charge in [-0.15, -0.1) is 0 Å². The summed E-state index contributed by atoms with van der Waals surface area (Å²) in [6, 6.07) is 22.8. The number of hydrogen-bond acceptors (Lipinski definition) is 5. The maximum Gasteiger partial charge on any atom is 0.371 e. The van der Waals surface area contributed by atoms with Crippen LogP contribution in [0.3, 0.4) is 0 Å². The van der Waals surface area contributed by atoms with Crippen LogP contribution in [0.5, 0.6) is 17.2 Å². The maximum absolute atomic E-state index is 12.5. The predicted octanol–water partition coefficient (Wildman–Crippen LogP) is 4.06. The van der Waals surface area contributed by atoms with Crippen LogP contribution in [0.2, 0.25) is 0 Å². The molecular formula is C25H21NO6. The van der Waals surface area contributed by atoms with Crippen molar-refractivity contribution in [3.63, 3.8) is 0 Å². The summed E-state index contributed by atoms with van der Waals surface area (Å²) in [5, 5.41) is 9.41. The number of aliphatic carboxylic acids is 1. The molecule has 1 heterocycles. The van der Waals surface area contributed by atoms with E-state index >= 15 is 0 Å². The molecular weight excluding hydrogens is 410 g/mol. The van der Waals surface area contributed by atoms with Crippen molar-refractivity contribution in [3.8, 4) is 17.2 Å². The lowest BCUT2D eigenvalue weighted by Gasteiger charge is -2.28. The highest BCUT2D eigenvalue weighted by atomic mass is 16.5. The van der Waals surface area contributed by atoms with Crippen LogP contribution in [-0.2, 0) is 4.79 Å². The Balaban J connectivity index is 1.33. The van der Waals surface area contributed by atoms with Crippen molar-refractivity contribution in [2.75, 3.05) is 19.9 Å². The molecule has 1 aliphatic rings. The molecule has 0 fully saturated rings. The van der Waals surface area contributed by atoms with Crippen LogP contribution in [0.15, 0.2) is 84.6 Å². The molecule has 3 aromatic carbocycles. The van der Waals surface area contributed by atoms with Crippen LogP contribution in [0, 0.1) is 0 Å². The van der Waals surface area contributed by atoms with Crippen LogP contribution < -0.4 is 14.2 Å². The van der Waals surface area contributed by atoms with E-state index in [4.69, 9.17) is 14.2 Å². The van der Waals surface area contributed by atoms with E-state index in [1.54, 1.807) is 71.6 Å². The molecule has 7 nitrogen and oxygen atoms in total. The van der Waals surface area contributed by atoms with Crippen LogP contribution >= 0.6 is 0 Å². The number of rotatable bonds is 8. The first-order valence-corrected chi connectivity index (χ1v) is 10.0. The summed E-state index contributed by atoms with van der Waals surface area (Å²) in [5.74, 6) is 0.206. The average molecular weight is 431 g/mol. The van der Waals surface area contributed by atoms with E-state index in [0.29, 0.717) is 41.5 Å². The number of carboxylic acids is 1. The summed E-state index contributed by atoms with van der Waals surface area (Å²) in [6.45, 7) is 0.856. The van der Waals surface area contributed by atoms with E-state index in [9.17, 15) is 14.7 Å². The zero-order chi connectivity index (χ0) is 22.3. The number of carbonyl (C=O) groups excluding carboxylic acids is 1. The monoisotopic (exact) mass is 431 g/mol. The van der Waals surface area contributed by atoms with Gasteiger partial charge in [-0.25, -0.2) is 4.79 Å². The predicted molar refractivity (Wildman–Crippen MR) is 118 cm³/mol. The molecule has 0 aromatic heterocycles. The number of hydrogen-bond donors (Lipinski definition) is 1. The second kappa shape index (κ2) is 9.70. The summed E-state index contributed by atoms with van der Waals surface area (Å²) in [4.78, 5) is 25.6. The third-order valence-electron chi connectivity index (χ3n) is 4.77. The van der Waals surface area contributed by atoms with E-state index in [1.165, 1.54) is 6.08 Å². The SMILES string of the molecule is O=C(O)C(=Cc1ccc(OCCN2COc3ccccc3C2=O)cc1)Oc1ccccc1. The number of amides is 1. The first kappa shape index (κ1) is 21.0. The first-order chi connectivity index (χ1) is 15.6. The zero-order valence-electron chi connectivity index (χ0n) is 17.1. The second-order valence-corrected chi connectivity index (χ2v) is 6.98. The van der Waals surface area contributed by atoms with E-state index in [2.05, 4.69) is 0 Å². The van der Waals surface area contributed by atoms with Crippen molar-refractivity contribution in [2.45, 2.75) is 0 Å². The van der Waals surface area contributed by atoms with E-state index in [1.807, 2.05) is 12.1 Å². The number of carbonyl (C=O) groups is 2. The number of carboxylic acid groups (broad SMARTS) is 1. The van der Waals surface area contributed by atoms with Gasteiger partial charge in [-0.05, 0) is 48.0 Å². The highest BCUT2D eigenvalue weighted by Crippen LogP contribution is 2.24. The lowest BCUT2D eigenvalue weighted by atomic mass is 10.1. The van der Waals surface area contributed by atoms with Crippen LogP contribution in [0.25, 0.3) is 6.08 Å². The highest BCUT2D eigenvalue weighted by Gasteiger charge is 2.24. The molecule has 32 heavy (non-hydrogen) atoms. The Kier molecular flexibility index (Phi) is 6.36. The molecule has 0 atom stereocenters. The minimum absolute atomic E-state index is 0.0875. The summed E-state index contributed by atoms with van der Waals surface area (Å²) < 4.78 is 16.8. The number of para-hydroxylation sites is 2. The molecule has 1 amide bonds. The average Bonchev–Trinajstić information content (AvgIpc) is 2.82. The highest BCUT2D eigenvalue weighted by molar-refractivity contribution is 5.97. The Morgan fingerprint density at radius 3 is 2.44 bits per heavy atom. The number of nitrogens with zero attached hydrogens (tertiary/aromatic N) is 1. The van der Waals surface area contributed by atoms with Crippen molar-refractivity contribution >= 4 is 18.0 Å². The third kappa shape index (κ3) is 5.07. The summed E-state index contributed by atoms with van der Waals surface area (Å²) in [6.07, 6.45) is 1.44. The molecule has 0 spiro atoms. The first-order valence-electron chi connectivity index (χ1n) is 10.0. The van der Waals surface area contributed by atoms with Gasteiger partial charge in [-0.2, -0.15) is 0 Å². The van der Waals surface area contributed by atoms with Gasteiger partial charge < -0.3 is 24.2 Å². The van der Waals surface area contributed by atoms with Gasteiger partial charge in [0.25, 0.3) is 5.91 Å². The standard InChI is InChI=1S/C25H21NO6/c27-24-21-8-4-5-9-22(21)31-17-26(24)14-15-30-19-12-10-18(11-13-19)16-23(25(28)29)32-20-6-2-1-3-7-20/h1-13,16H,14-15,17H2,(H,28,29). The number of fused-ring (bicyclic) bond motifs is 1. The van der Waals surface area contributed by atoms with Gasteiger partial charge in [-0.3, -0.25) is 4.79 Å². The Hall–Kier alpha value is -4.26. The maximum atomic E-state index is 12.5. The molecule has 0 radical (unpaired) electrons. The minimum atomic E-state index is -1.16. The van der Waals surface area contributed by atoms with Gasteiger partial charge in [0.05, 0.1) is 12.1 Å². The van der Waals surface area contributed by atoms with Crippen molar-refractivity contribution < 1.29 is 28.9 Å². The number of benzene rings is 3. The fraction of sp³-hybridized carbons (Fsp3) is 0.120. The molecule has 0 saturated carbocycles. The van der Waals surface area contributed by atoms with Gasteiger partial charge in [0.15, 0.2) is 6.73 Å². The van der Waals surface area contributed by atoms with Gasteiger partial charge >= 0.3 is 5.97 Å². The molecule has 7 heteroatoms. The van der Waals surface area contributed by atoms with E-state index in [-0.39, 0.29) is 18.4 Å². The summed E-state index contributed by atoms with van der Waals surface area (Å²) >= 11 is 0. The summed E-state index contributed by atoms with van der Waals surface area (Å²) in [5.41, 5.74) is 1.20. The fourth-order valence-electron chi connectivity index (χ4n) is 3.15. The third-order valence-corrected chi connectivity index (χ3v) is 4.77. The Morgan fingerprint density at radius 1 is 0.969 bits per heavy atom. The molecule has 1 aliphatic heterocycles. The molecule has 0 unspecified atom stereocenters. The molecule has 1 N–H and O–H groups in total. The minimum Gasteiger partial charge on any atom is -0.492 e. The molecule has 3 aromatic rings. The Bertz CT molecular complexity index is 1120. The van der Waals surface area contributed by atoms with Crippen molar-refractivity contribution in [1.82, 2.24) is 4.90 Å². The van der Waals surface area contributed by atoms with E-state index < -0.39 is 5.97 Å². The molecule has 162 valence electrons. The van der Waals surface area contributed by atoms with Crippen LogP contribution in [0.4, 0.5) is 0 Å². The van der Waals surface area contributed by atoms with Gasteiger partial charge in [0.1, 0.15) is 23.9 Å². The van der Waals surface area contributed by atoms with Gasteiger partial charge in [0.2, 0.25) is 5.76 Å². The van der Waals surface area contributed by atoms with Crippen molar-refractivity contribution in [3.05, 3.63) is 95.7 Å². The normalized spacial score (nSPS) is 13.2. The van der Waals surface area contributed by atoms with Crippen molar-refractivity contribution in [1.29, 1.82) is 0 Å². The topological polar surface area (TPSA) is 85.3 Å². The zero-order valence-corrected chi connectivity index (χ0v) is 17.1. The quantitative estimate of drug-likeness (QED) is 0.428. The molecule has 4 rings (SSSR count).